The first-order valence-electron chi connectivity index (χ1n) is 5.04. The van der Waals surface area contributed by atoms with Gasteiger partial charge in [-0.05, 0) is 36.5 Å². The maximum absolute atomic E-state index is 9.80. The minimum atomic E-state index is -0.591. The Morgan fingerprint density at radius 3 is 2.06 bits per heavy atom. The molecule has 5 heteroatoms. The van der Waals surface area contributed by atoms with Crippen LogP contribution in [0.4, 0.5) is 0 Å². The van der Waals surface area contributed by atoms with E-state index in [4.69, 9.17) is 5.73 Å². The van der Waals surface area contributed by atoms with Crippen LogP contribution in [-0.2, 0) is 0 Å². The second-order valence-corrected chi connectivity index (χ2v) is 4.14. The van der Waals surface area contributed by atoms with E-state index in [1.54, 1.807) is 0 Å². The number of benzene rings is 1. The van der Waals surface area contributed by atoms with Crippen LogP contribution in [0.3, 0.4) is 0 Å². The predicted octanol–water partition coefficient (Wildman–Crippen LogP) is 1.29. The van der Waals surface area contributed by atoms with Gasteiger partial charge in [-0.2, -0.15) is 0 Å². The minimum absolute atomic E-state index is 0. The molecule has 0 radical (unpaired) electrons. The topological polar surface area (TPSA) is 86.7 Å². The number of phenols is 2. The molecule has 90 valence electrons. The van der Waals surface area contributed by atoms with E-state index in [2.05, 4.69) is 0 Å². The van der Waals surface area contributed by atoms with Crippen LogP contribution in [0.15, 0.2) is 18.2 Å². The quantitative estimate of drug-likeness (QED) is 0.646. The highest BCUT2D eigenvalue weighted by atomic mass is 35.5. The SMILES string of the molecule is Cl.N[C@H](c1cc(O)cc(O)c1)[C@@H](O)C1CC1. The molecule has 1 aromatic carbocycles. The Balaban J connectivity index is 0.00000128. The molecule has 0 spiro atoms. The average molecular weight is 246 g/mol. The highest BCUT2D eigenvalue weighted by Crippen LogP contribution is 2.38. The largest absolute Gasteiger partial charge is 0.508 e. The Morgan fingerprint density at radius 2 is 1.62 bits per heavy atom. The maximum atomic E-state index is 9.80. The normalized spacial score (nSPS) is 18.6. The van der Waals surface area contributed by atoms with Gasteiger partial charge in [0, 0.05) is 6.07 Å². The lowest BCUT2D eigenvalue weighted by atomic mass is 9.99. The lowest BCUT2D eigenvalue weighted by molar-refractivity contribution is 0.122. The second-order valence-electron chi connectivity index (χ2n) is 4.14. The van der Waals surface area contributed by atoms with Gasteiger partial charge < -0.3 is 21.1 Å². The molecule has 1 aliphatic rings. The molecule has 2 atom stereocenters. The number of rotatable bonds is 3. The van der Waals surface area contributed by atoms with Crippen molar-refractivity contribution in [2.24, 2.45) is 11.7 Å². The number of halogens is 1. The molecule has 0 heterocycles. The molecule has 0 bridgehead atoms. The first-order valence-corrected chi connectivity index (χ1v) is 5.04. The number of aliphatic hydroxyl groups is 1. The van der Waals surface area contributed by atoms with E-state index in [1.165, 1.54) is 18.2 Å². The fourth-order valence-electron chi connectivity index (χ4n) is 1.74. The lowest BCUT2D eigenvalue weighted by Gasteiger charge is -2.19. The Morgan fingerprint density at radius 1 is 1.12 bits per heavy atom. The van der Waals surface area contributed by atoms with Gasteiger partial charge in [-0.1, -0.05) is 0 Å². The zero-order valence-corrected chi connectivity index (χ0v) is 9.52. The van der Waals surface area contributed by atoms with Crippen LogP contribution in [-0.4, -0.2) is 21.4 Å². The van der Waals surface area contributed by atoms with E-state index >= 15 is 0 Å². The molecule has 1 saturated carbocycles. The van der Waals surface area contributed by atoms with Crippen LogP contribution in [0.1, 0.15) is 24.4 Å². The summed E-state index contributed by atoms with van der Waals surface area (Å²) in [6.07, 6.45) is 1.41. The first kappa shape index (κ1) is 13.1. The van der Waals surface area contributed by atoms with Crippen molar-refractivity contribution in [1.29, 1.82) is 0 Å². The van der Waals surface area contributed by atoms with Gasteiger partial charge in [0.25, 0.3) is 0 Å². The van der Waals surface area contributed by atoms with Crippen LogP contribution in [0.2, 0.25) is 0 Å². The molecular formula is C11H16ClNO3. The summed E-state index contributed by atoms with van der Waals surface area (Å²) in [6, 6.07) is 3.63. The summed E-state index contributed by atoms with van der Waals surface area (Å²) in [6.45, 7) is 0. The van der Waals surface area contributed by atoms with Crippen molar-refractivity contribution in [2.75, 3.05) is 0 Å². The van der Waals surface area contributed by atoms with Crippen LogP contribution >= 0.6 is 12.4 Å². The number of phenolic OH excluding ortho intramolecular Hbond substituents is 2. The van der Waals surface area contributed by atoms with Crippen molar-refractivity contribution in [1.82, 2.24) is 0 Å². The van der Waals surface area contributed by atoms with Gasteiger partial charge in [0.05, 0.1) is 12.1 Å². The van der Waals surface area contributed by atoms with Gasteiger partial charge in [0.15, 0.2) is 0 Å². The van der Waals surface area contributed by atoms with Crippen LogP contribution in [0, 0.1) is 5.92 Å². The third-order valence-corrected chi connectivity index (χ3v) is 2.78. The minimum Gasteiger partial charge on any atom is -0.508 e. The highest BCUT2D eigenvalue weighted by molar-refractivity contribution is 5.85. The molecule has 0 saturated heterocycles. The monoisotopic (exact) mass is 245 g/mol. The molecule has 2 rings (SSSR count). The average Bonchev–Trinajstić information content (AvgIpc) is 2.97. The second kappa shape index (κ2) is 4.91. The van der Waals surface area contributed by atoms with Crippen molar-refractivity contribution < 1.29 is 15.3 Å². The highest BCUT2D eigenvalue weighted by Gasteiger charge is 2.34. The lowest BCUT2D eigenvalue weighted by Crippen LogP contribution is -2.27. The molecule has 1 aliphatic carbocycles. The predicted molar refractivity (Wildman–Crippen MR) is 62.7 cm³/mol. The molecule has 1 aromatic rings. The maximum Gasteiger partial charge on any atom is 0.119 e. The first-order chi connectivity index (χ1) is 7.08. The fraction of sp³-hybridized carbons (Fsp3) is 0.455. The van der Waals surface area contributed by atoms with Crippen molar-refractivity contribution in [3.63, 3.8) is 0 Å². The molecule has 1 fully saturated rings. The van der Waals surface area contributed by atoms with Crippen LogP contribution in [0.25, 0.3) is 0 Å². The van der Waals surface area contributed by atoms with Crippen molar-refractivity contribution in [3.8, 4) is 11.5 Å². The Labute approximate surface area is 100 Å². The summed E-state index contributed by atoms with van der Waals surface area (Å²) in [7, 11) is 0. The molecule has 5 N–H and O–H groups in total. The summed E-state index contributed by atoms with van der Waals surface area (Å²) in [4.78, 5) is 0. The van der Waals surface area contributed by atoms with Gasteiger partial charge in [-0.25, -0.2) is 0 Å². The number of aliphatic hydroxyl groups excluding tert-OH is 1. The summed E-state index contributed by atoms with van der Waals surface area (Å²) in [5.41, 5.74) is 6.41. The fourth-order valence-corrected chi connectivity index (χ4v) is 1.74. The zero-order valence-electron chi connectivity index (χ0n) is 8.71. The Bertz CT molecular complexity index is 348. The van der Waals surface area contributed by atoms with E-state index in [1.807, 2.05) is 0 Å². The molecule has 4 nitrogen and oxygen atoms in total. The van der Waals surface area contributed by atoms with Gasteiger partial charge in [0.2, 0.25) is 0 Å². The molecule has 16 heavy (non-hydrogen) atoms. The summed E-state index contributed by atoms with van der Waals surface area (Å²) in [5, 5.41) is 28.4. The van der Waals surface area contributed by atoms with Gasteiger partial charge in [-0.15, -0.1) is 12.4 Å². The van der Waals surface area contributed by atoms with Crippen LogP contribution in [0.5, 0.6) is 11.5 Å². The third kappa shape index (κ3) is 2.78. The number of hydrogen-bond donors (Lipinski definition) is 4. The smallest absolute Gasteiger partial charge is 0.119 e. The number of aromatic hydroxyl groups is 2. The van der Waals surface area contributed by atoms with E-state index in [-0.39, 0.29) is 29.8 Å². The van der Waals surface area contributed by atoms with E-state index in [0.29, 0.717) is 5.56 Å². The molecule has 0 amide bonds. The number of hydrogen-bond acceptors (Lipinski definition) is 4. The summed E-state index contributed by atoms with van der Waals surface area (Å²) in [5.74, 6) is 0.191. The zero-order chi connectivity index (χ0) is 11.0. The van der Waals surface area contributed by atoms with Crippen molar-refractivity contribution in [2.45, 2.75) is 25.0 Å². The van der Waals surface area contributed by atoms with Crippen molar-refractivity contribution >= 4 is 12.4 Å². The van der Waals surface area contributed by atoms with E-state index in [9.17, 15) is 15.3 Å². The molecule has 0 aliphatic heterocycles. The third-order valence-electron chi connectivity index (χ3n) is 2.78. The van der Waals surface area contributed by atoms with Gasteiger partial charge in [0.1, 0.15) is 11.5 Å². The van der Waals surface area contributed by atoms with E-state index in [0.717, 1.165) is 12.8 Å². The Hall–Kier alpha value is -0.970. The molecule has 0 unspecified atom stereocenters. The standard InChI is InChI=1S/C11H15NO3.ClH/c12-10(11(15)6-1-2-6)7-3-8(13)5-9(14)4-7;/h3-6,10-11,13-15H,1-2,12H2;1H/t10-,11+;/m1./s1. The van der Waals surface area contributed by atoms with Gasteiger partial charge in [-0.3, -0.25) is 0 Å². The molecule has 0 aromatic heterocycles. The summed E-state index contributed by atoms with van der Waals surface area (Å²) >= 11 is 0. The van der Waals surface area contributed by atoms with Crippen LogP contribution < -0.4 is 5.73 Å². The Kier molecular flexibility index (Phi) is 4.02. The summed E-state index contributed by atoms with van der Waals surface area (Å²) < 4.78 is 0. The van der Waals surface area contributed by atoms with Gasteiger partial charge >= 0.3 is 0 Å². The van der Waals surface area contributed by atoms with Crippen molar-refractivity contribution in [3.05, 3.63) is 23.8 Å². The molecular weight excluding hydrogens is 230 g/mol. The number of nitrogens with two attached hydrogens (primary N) is 1. The van der Waals surface area contributed by atoms with E-state index < -0.39 is 12.1 Å².